The van der Waals surface area contributed by atoms with Gasteiger partial charge >= 0.3 is 0 Å². The van der Waals surface area contributed by atoms with Crippen LogP contribution in [0.15, 0.2) is 60.8 Å². The first-order valence-corrected chi connectivity index (χ1v) is 11.3. The number of anilines is 2. The summed E-state index contributed by atoms with van der Waals surface area (Å²) in [6.07, 6.45) is 11.1. The van der Waals surface area contributed by atoms with Crippen LogP contribution in [0.25, 0.3) is 16.5 Å². The van der Waals surface area contributed by atoms with Crippen molar-refractivity contribution in [3.8, 4) is 0 Å². The highest BCUT2D eigenvalue weighted by Crippen LogP contribution is 2.34. The van der Waals surface area contributed by atoms with Gasteiger partial charge in [-0.1, -0.05) is 30.7 Å². The van der Waals surface area contributed by atoms with Crippen molar-refractivity contribution < 1.29 is 0 Å². The number of allylic oxidation sites excluding steroid dienone is 1. The monoisotopic (exact) mass is 416 g/mol. The fraction of sp³-hybridized carbons (Fsp3) is 0.320. The van der Waals surface area contributed by atoms with Gasteiger partial charge in [-0.2, -0.15) is 0 Å². The van der Waals surface area contributed by atoms with Crippen LogP contribution in [-0.4, -0.2) is 34.1 Å². The molecule has 30 heavy (non-hydrogen) atoms. The molecular formula is C25H28N4S. The van der Waals surface area contributed by atoms with Gasteiger partial charge in [0.25, 0.3) is 0 Å². The van der Waals surface area contributed by atoms with Gasteiger partial charge < -0.3 is 15.6 Å². The number of fused-ring (bicyclic) bond motifs is 2. The van der Waals surface area contributed by atoms with Crippen LogP contribution >= 0.6 is 12.2 Å². The summed E-state index contributed by atoms with van der Waals surface area (Å²) in [6, 6.07) is 17.2. The third-order valence-corrected chi connectivity index (χ3v) is 6.59. The summed E-state index contributed by atoms with van der Waals surface area (Å²) in [5.74, 6) is 0. The van der Waals surface area contributed by atoms with E-state index >= 15 is 0 Å². The molecule has 3 N–H and O–H groups in total. The summed E-state index contributed by atoms with van der Waals surface area (Å²) in [7, 11) is 0. The zero-order chi connectivity index (χ0) is 20.3. The maximum absolute atomic E-state index is 5.51. The summed E-state index contributed by atoms with van der Waals surface area (Å²) in [4.78, 5) is 6.13. The Kier molecular flexibility index (Phi) is 5.56. The molecule has 4 nitrogen and oxygen atoms in total. The molecule has 0 spiro atoms. The van der Waals surface area contributed by atoms with Crippen LogP contribution in [0.1, 0.15) is 37.7 Å². The van der Waals surface area contributed by atoms with E-state index < -0.39 is 0 Å². The lowest BCUT2D eigenvalue weighted by atomic mass is 9.95. The predicted octanol–water partition coefficient (Wildman–Crippen LogP) is 6.01. The molecule has 2 aliphatic rings. The summed E-state index contributed by atoms with van der Waals surface area (Å²) in [5, 5.41) is 8.44. The van der Waals surface area contributed by atoms with Crippen molar-refractivity contribution in [2.45, 2.75) is 38.1 Å². The summed E-state index contributed by atoms with van der Waals surface area (Å²) >= 11 is 5.51. The van der Waals surface area contributed by atoms with Crippen molar-refractivity contribution in [3.05, 3.63) is 66.4 Å². The van der Waals surface area contributed by atoms with Crippen LogP contribution in [0, 0.1) is 0 Å². The van der Waals surface area contributed by atoms with Crippen molar-refractivity contribution >= 4 is 45.2 Å². The first-order chi connectivity index (χ1) is 14.8. The third kappa shape index (κ3) is 4.13. The topological polar surface area (TPSA) is 43.1 Å². The second-order valence-electron chi connectivity index (χ2n) is 8.32. The first kappa shape index (κ1) is 19.3. The predicted molar refractivity (Wildman–Crippen MR) is 131 cm³/mol. The lowest BCUT2D eigenvalue weighted by Gasteiger charge is -2.33. The molecule has 1 atom stereocenters. The number of H-pyrrole nitrogens is 1. The number of aromatic nitrogens is 1. The number of rotatable bonds is 3. The van der Waals surface area contributed by atoms with E-state index in [2.05, 4.69) is 51.0 Å². The van der Waals surface area contributed by atoms with E-state index in [-0.39, 0.29) is 0 Å². The Bertz CT molecular complexity index is 1070. The summed E-state index contributed by atoms with van der Waals surface area (Å²) < 4.78 is 0. The Morgan fingerprint density at radius 2 is 1.87 bits per heavy atom. The van der Waals surface area contributed by atoms with E-state index in [1.165, 1.54) is 54.3 Å². The minimum atomic E-state index is 0.600. The first-order valence-electron chi connectivity index (χ1n) is 10.9. The fourth-order valence-corrected chi connectivity index (χ4v) is 5.04. The van der Waals surface area contributed by atoms with E-state index in [0.717, 1.165) is 30.4 Å². The Hall–Kier alpha value is -2.63. The van der Waals surface area contributed by atoms with Crippen LogP contribution in [0.2, 0.25) is 0 Å². The molecule has 0 radical (unpaired) electrons. The second kappa shape index (κ2) is 8.62. The van der Waals surface area contributed by atoms with Crippen LogP contribution in [0.4, 0.5) is 11.4 Å². The van der Waals surface area contributed by atoms with Crippen LogP contribution in [-0.2, 0) is 0 Å². The van der Waals surface area contributed by atoms with E-state index in [1.54, 1.807) is 0 Å². The van der Waals surface area contributed by atoms with Crippen molar-refractivity contribution in [2.75, 3.05) is 23.7 Å². The van der Waals surface area contributed by atoms with Crippen LogP contribution in [0.3, 0.4) is 0 Å². The molecule has 1 unspecified atom stereocenters. The SMILES string of the molecule is S=C(Nc1ccccc1)Nc1ccc2[nH]cc(C3=CCN4CCCCC4CC3)c2c1. The number of hydrogen-bond acceptors (Lipinski definition) is 2. The molecule has 5 rings (SSSR count). The Labute approximate surface area is 183 Å². The average Bonchev–Trinajstić information content (AvgIpc) is 3.06. The zero-order valence-electron chi connectivity index (χ0n) is 17.2. The van der Waals surface area contributed by atoms with E-state index in [0.29, 0.717) is 5.11 Å². The maximum Gasteiger partial charge on any atom is 0.175 e. The highest BCUT2D eigenvalue weighted by Gasteiger charge is 2.24. The zero-order valence-corrected chi connectivity index (χ0v) is 18.0. The quantitative estimate of drug-likeness (QED) is 0.458. The number of piperidine rings is 1. The Morgan fingerprint density at radius 1 is 1.00 bits per heavy atom. The number of para-hydroxylation sites is 1. The van der Waals surface area contributed by atoms with Crippen LogP contribution in [0.5, 0.6) is 0 Å². The molecule has 1 aromatic heterocycles. The number of benzene rings is 2. The molecule has 2 aliphatic heterocycles. The Morgan fingerprint density at radius 3 is 2.77 bits per heavy atom. The molecule has 3 aromatic rings. The standard InChI is InChI=1S/C25H28N4S/c30-25(27-19-6-2-1-3-7-19)28-20-10-12-24-22(16-20)23(17-26-24)18-9-11-21-8-4-5-14-29(21)15-13-18/h1-3,6-7,10,12-13,16-17,21,26H,4-5,8-9,11,14-15H2,(H2,27,28,30). The van der Waals surface area contributed by atoms with E-state index in [1.807, 2.05) is 30.3 Å². The second-order valence-corrected chi connectivity index (χ2v) is 8.73. The van der Waals surface area contributed by atoms with Crippen molar-refractivity contribution in [1.29, 1.82) is 0 Å². The largest absolute Gasteiger partial charge is 0.361 e. The lowest BCUT2D eigenvalue weighted by Crippen LogP contribution is -2.38. The lowest BCUT2D eigenvalue weighted by molar-refractivity contribution is 0.161. The molecule has 2 aromatic carbocycles. The average molecular weight is 417 g/mol. The molecule has 0 aliphatic carbocycles. The van der Waals surface area contributed by atoms with Crippen molar-refractivity contribution in [2.24, 2.45) is 0 Å². The molecule has 0 bridgehead atoms. The normalized spacial score (nSPS) is 19.6. The van der Waals surface area contributed by atoms with E-state index in [9.17, 15) is 0 Å². The number of hydrogen-bond donors (Lipinski definition) is 3. The molecule has 0 amide bonds. The van der Waals surface area contributed by atoms with Crippen molar-refractivity contribution in [3.63, 3.8) is 0 Å². The van der Waals surface area contributed by atoms with Gasteiger partial charge in [0.1, 0.15) is 0 Å². The highest BCUT2D eigenvalue weighted by atomic mass is 32.1. The number of nitrogens with one attached hydrogen (secondary N) is 3. The van der Waals surface area contributed by atoms with Gasteiger partial charge in [-0.15, -0.1) is 0 Å². The van der Waals surface area contributed by atoms with Crippen LogP contribution < -0.4 is 10.6 Å². The number of aromatic amines is 1. The van der Waals surface area contributed by atoms with Gasteiger partial charge in [0.2, 0.25) is 0 Å². The van der Waals surface area contributed by atoms with Gasteiger partial charge in [0.15, 0.2) is 5.11 Å². The van der Waals surface area contributed by atoms with Crippen molar-refractivity contribution in [1.82, 2.24) is 9.88 Å². The van der Waals surface area contributed by atoms with Gasteiger partial charge in [0.05, 0.1) is 0 Å². The Balaban J connectivity index is 1.35. The maximum atomic E-state index is 5.51. The molecular weight excluding hydrogens is 388 g/mol. The molecule has 3 heterocycles. The van der Waals surface area contributed by atoms with E-state index in [4.69, 9.17) is 12.2 Å². The van der Waals surface area contributed by atoms with Gasteiger partial charge in [-0.25, -0.2) is 0 Å². The third-order valence-electron chi connectivity index (χ3n) is 6.39. The summed E-state index contributed by atoms with van der Waals surface area (Å²) in [5.41, 5.74) is 5.95. The number of nitrogens with zero attached hydrogens (tertiary/aromatic N) is 1. The molecule has 5 heteroatoms. The minimum Gasteiger partial charge on any atom is -0.361 e. The minimum absolute atomic E-state index is 0.600. The fourth-order valence-electron chi connectivity index (χ4n) is 4.80. The summed E-state index contributed by atoms with van der Waals surface area (Å²) in [6.45, 7) is 2.33. The van der Waals surface area contributed by atoms with Gasteiger partial charge in [-0.3, -0.25) is 4.90 Å². The molecule has 1 fully saturated rings. The molecule has 154 valence electrons. The smallest absolute Gasteiger partial charge is 0.175 e. The van der Waals surface area contributed by atoms with Gasteiger partial charge in [-0.05, 0) is 80.4 Å². The van der Waals surface area contributed by atoms with Gasteiger partial charge in [0, 0.05) is 46.6 Å². The molecule has 0 saturated carbocycles. The highest BCUT2D eigenvalue weighted by molar-refractivity contribution is 7.80. The number of thiocarbonyl (C=S) groups is 1. The molecule has 1 saturated heterocycles.